The van der Waals surface area contributed by atoms with Crippen LogP contribution in [0.25, 0.3) is 0 Å². The fourth-order valence-electron chi connectivity index (χ4n) is 1.34. The number of aromatic hydroxyl groups is 1. The van der Waals surface area contributed by atoms with Crippen molar-refractivity contribution >= 4 is 18.4 Å². The SMILES string of the molecule is O=[P+](c1ccccc1)c1ccccc1O. The molecule has 0 saturated carbocycles. The minimum Gasteiger partial charge on any atom is -0.504 e. The second-order valence-corrected chi connectivity index (χ2v) is 4.71. The van der Waals surface area contributed by atoms with Crippen LogP contribution in [0, 0.1) is 0 Å². The molecule has 0 saturated heterocycles. The number of para-hydroxylation sites is 1. The lowest BCUT2D eigenvalue weighted by atomic mass is 10.3. The van der Waals surface area contributed by atoms with Gasteiger partial charge in [0.15, 0.2) is 11.1 Å². The Hall–Kier alpha value is -1.66. The van der Waals surface area contributed by atoms with Gasteiger partial charge in [0.2, 0.25) is 5.30 Å². The van der Waals surface area contributed by atoms with Gasteiger partial charge in [-0.3, -0.25) is 0 Å². The minimum absolute atomic E-state index is 0.0856. The zero-order valence-electron chi connectivity index (χ0n) is 8.00. The van der Waals surface area contributed by atoms with Crippen LogP contribution in [-0.4, -0.2) is 5.11 Å². The van der Waals surface area contributed by atoms with Crippen LogP contribution >= 0.6 is 7.80 Å². The van der Waals surface area contributed by atoms with Crippen molar-refractivity contribution in [2.24, 2.45) is 0 Å². The summed E-state index contributed by atoms with van der Waals surface area (Å²) in [5, 5.41) is 10.8. The van der Waals surface area contributed by atoms with Crippen molar-refractivity contribution in [3.05, 3.63) is 54.6 Å². The molecule has 1 atom stereocenters. The van der Waals surface area contributed by atoms with E-state index in [0.29, 0.717) is 5.30 Å². The quantitative estimate of drug-likeness (QED) is 0.783. The Morgan fingerprint density at radius 1 is 0.867 bits per heavy atom. The molecule has 74 valence electrons. The molecule has 0 aliphatic rings. The first kappa shape index (κ1) is 9.88. The van der Waals surface area contributed by atoms with Gasteiger partial charge in [-0.25, -0.2) is 0 Å². The average Bonchev–Trinajstić information content (AvgIpc) is 2.30. The van der Waals surface area contributed by atoms with Crippen LogP contribution < -0.4 is 10.6 Å². The van der Waals surface area contributed by atoms with Gasteiger partial charge in [0, 0.05) is 0 Å². The Labute approximate surface area is 89.0 Å². The Bertz CT molecular complexity index is 480. The predicted molar refractivity (Wildman–Crippen MR) is 61.4 cm³/mol. The molecule has 1 N–H and O–H groups in total. The molecule has 2 nitrogen and oxygen atoms in total. The van der Waals surface area contributed by atoms with Crippen LogP contribution in [0.15, 0.2) is 54.6 Å². The van der Waals surface area contributed by atoms with E-state index >= 15 is 0 Å². The second-order valence-electron chi connectivity index (χ2n) is 3.12. The second kappa shape index (κ2) is 4.24. The van der Waals surface area contributed by atoms with Crippen molar-refractivity contribution in [3.63, 3.8) is 0 Å². The monoisotopic (exact) mass is 217 g/mol. The topological polar surface area (TPSA) is 37.3 Å². The van der Waals surface area contributed by atoms with Crippen LogP contribution in [-0.2, 0) is 4.57 Å². The molecular formula is C12H10O2P+. The molecule has 1 unspecified atom stereocenters. The Morgan fingerprint density at radius 2 is 1.47 bits per heavy atom. The van der Waals surface area contributed by atoms with E-state index in [9.17, 15) is 9.67 Å². The summed E-state index contributed by atoms with van der Waals surface area (Å²) in [6.07, 6.45) is 0. The molecule has 0 amide bonds. The van der Waals surface area contributed by atoms with Gasteiger partial charge in [-0.2, -0.15) is 0 Å². The maximum absolute atomic E-state index is 12.1. The van der Waals surface area contributed by atoms with Gasteiger partial charge in [0.1, 0.15) is 0 Å². The van der Waals surface area contributed by atoms with Gasteiger partial charge in [-0.05, 0) is 24.3 Å². The summed E-state index contributed by atoms with van der Waals surface area (Å²) in [7, 11) is -1.69. The first-order valence-corrected chi connectivity index (χ1v) is 5.85. The van der Waals surface area contributed by atoms with E-state index < -0.39 is 7.80 Å². The summed E-state index contributed by atoms with van der Waals surface area (Å²) >= 11 is 0. The smallest absolute Gasteiger partial charge is 0.419 e. The summed E-state index contributed by atoms with van der Waals surface area (Å²) in [6.45, 7) is 0. The van der Waals surface area contributed by atoms with E-state index in [1.165, 1.54) is 0 Å². The Morgan fingerprint density at radius 3 is 2.13 bits per heavy atom. The Balaban J connectivity index is 2.42. The third kappa shape index (κ3) is 2.05. The zero-order valence-corrected chi connectivity index (χ0v) is 8.89. The molecule has 2 aromatic carbocycles. The molecule has 0 aliphatic heterocycles. The van der Waals surface area contributed by atoms with E-state index in [2.05, 4.69) is 0 Å². The summed E-state index contributed by atoms with van der Waals surface area (Å²) < 4.78 is 12.1. The number of benzene rings is 2. The molecule has 0 aromatic heterocycles. The highest BCUT2D eigenvalue weighted by Crippen LogP contribution is 2.24. The highest BCUT2D eigenvalue weighted by molar-refractivity contribution is 7.61. The fourth-order valence-corrected chi connectivity index (χ4v) is 2.56. The van der Waals surface area contributed by atoms with Gasteiger partial charge in [-0.15, -0.1) is 0 Å². The molecule has 0 bridgehead atoms. The number of hydrogen-bond donors (Lipinski definition) is 1. The summed E-state index contributed by atoms with van der Waals surface area (Å²) in [4.78, 5) is 0. The number of rotatable bonds is 2. The van der Waals surface area contributed by atoms with Crippen molar-refractivity contribution in [1.82, 2.24) is 0 Å². The molecule has 0 heterocycles. The van der Waals surface area contributed by atoms with Crippen molar-refractivity contribution in [1.29, 1.82) is 0 Å². The normalized spacial score (nSPS) is 11.1. The Kier molecular flexibility index (Phi) is 2.79. The lowest BCUT2D eigenvalue weighted by molar-refractivity contribution is 0.479. The van der Waals surface area contributed by atoms with E-state index in [-0.39, 0.29) is 5.75 Å². The van der Waals surface area contributed by atoms with Crippen molar-refractivity contribution in [2.75, 3.05) is 0 Å². The number of phenolic OH excluding ortho intramolecular Hbond substituents is 1. The fraction of sp³-hybridized carbons (Fsp3) is 0. The van der Waals surface area contributed by atoms with E-state index in [0.717, 1.165) is 5.30 Å². The van der Waals surface area contributed by atoms with Crippen LogP contribution in [0.4, 0.5) is 0 Å². The highest BCUT2D eigenvalue weighted by Gasteiger charge is 2.26. The number of phenols is 1. The molecule has 15 heavy (non-hydrogen) atoms. The molecular weight excluding hydrogens is 207 g/mol. The van der Waals surface area contributed by atoms with E-state index in [1.807, 2.05) is 18.2 Å². The van der Waals surface area contributed by atoms with E-state index in [1.54, 1.807) is 36.4 Å². The van der Waals surface area contributed by atoms with E-state index in [4.69, 9.17) is 0 Å². The van der Waals surface area contributed by atoms with Crippen molar-refractivity contribution < 1.29 is 9.67 Å². The molecule has 0 aliphatic carbocycles. The molecule has 3 heteroatoms. The summed E-state index contributed by atoms with van der Waals surface area (Å²) in [5.41, 5.74) is 0. The minimum atomic E-state index is -1.69. The zero-order chi connectivity index (χ0) is 10.7. The lowest BCUT2D eigenvalue weighted by Gasteiger charge is -1.92. The lowest BCUT2D eigenvalue weighted by Crippen LogP contribution is -2.06. The molecule has 0 spiro atoms. The highest BCUT2D eigenvalue weighted by atomic mass is 31.1. The first-order valence-electron chi connectivity index (χ1n) is 4.59. The van der Waals surface area contributed by atoms with Gasteiger partial charge in [0.25, 0.3) is 0 Å². The maximum atomic E-state index is 12.1. The van der Waals surface area contributed by atoms with Gasteiger partial charge >= 0.3 is 7.80 Å². The molecule has 2 rings (SSSR count). The van der Waals surface area contributed by atoms with Crippen molar-refractivity contribution in [2.45, 2.75) is 0 Å². The summed E-state index contributed by atoms with van der Waals surface area (Å²) in [5.74, 6) is 0.0856. The van der Waals surface area contributed by atoms with Gasteiger partial charge in [-0.1, -0.05) is 34.9 Å². The molecule has 0 radical (unpaired) electrons. The largest absolute Gasteiger partial charge is 0.504 e. The molecule has 0 fully saturated rings. The van der Waals surface area contributed by atoms with Gasteiger partial charge < -0.3 is 5.11 Å². The van der Waals surface area contributed by atoms with Crippen molar-refractivity contribution in [3.8, 4) is 5.75 Å². The third-order valence-electron chi connectivity index (χ3n) is 2.09. The molecule has 2 aromatic rings. The predicted octanol–water partition coefficient (Wildman–Crippen LogP) is 2.17. The van der Waals surface area contributed by atoms with Crippen LogP contribution in [0.2, 0.25) is 0 Å². The number of hydrogen-bond acceptors (Lipinski definition) is 2. The standard InChI is InChI=1S/C12H9O2P/c13-11-8-4-5-9-12(11)15(14)10-6-2-1-3-7-10/h1-9H/p+1. The van der Waals surface area contributed by atoms with Crippen LogP contribution in [0.5, 0.6) is 5.75 Å². The third-order valence-corrected chi connectivity index (χ3v) is 3.67. The van der Waals surface area contributed by atoms with Gasteiger partial charge in [0.05, 0.1) is 0 Å². The maximum Gasteiger partial charge on any atom is 0.419 e. The first-order chi connectivity index (χ1) is 7.29. The average molecular weight is 217 g/mol. The van der Waals surface area contributed by atoms with Crippen LogP contribution in [0.3, 0.4) is 0 Å². The summed E-state index contributed by atoms with van der Waals surface area (Å²) in [6, 6.07) is 15.9. The van der Waals surface area contributed by atoms with Crippen LogP contribution in [0.1, 0.15) is 0 Å².